The summed E-state index contributed by atoms with van der Waals surface area (Å²) in [6.07, 6.45) is 0. The number of hydrogen-bond donors (Lipinski definition) is 2. The Bertz CT molecular complexity index is 696. The first kappa shape index (κ1) is 15.1. The fourth-order valence-electron chi connectivity index (χ4n) is 2.37. The Hall–Kier alpha value is -1.79. The minimum absolute atomic E-state index is 0.00249. The molecule has 1 fully saturated rings. The van der Waals surface area contributed by atoms with E-state index in [1.807, 2.05) is 12.3 Å². The molecule has 1 unspecified atom stereocenters. The van der Waals surface area contributed by atoms with Gasteiger partial charge in [-0.3, -0.25) is 4.79 Å². The average molecular weight is 319 g/mol. The second kappa shape index (κ2) is 6.14. The Labute approximate surface area is 132 Å². The van der Waals surface area contributed by atoms with Crippen molar-refractivity contribution in [3.05, 3.63) is 35.0 Å². The minimum Gasteiger partial charge on any atom is -0.316 e. The number of benzene rings is 1. The molecule has 1 saturated heterocycles. The molecule has 116 valence electrons. The van der Waals surface area contributed by atoms with Crippen LogP contribution in [0, 0.1) is 24.6 Å². The summed E-state index contributed by atoms with van der Waals surface area (Å²) in [6, 6.07) is 4.90. The maximum absolute atomic E-state index is 13.3. The number of aryl methyl sites for hydroxylation is 1. The van der Waals surface area contributed by atoms with E-state index in [1.54, 1.807) is 19.1 Å². The molecule has 2 heterocycles. The first-order valence-corrected chi connectivity index (χ1v) is 8.16. The first-order valence-electron chi connectivity index (χ1n) is 7.28. The SMILES string of the molecule is Cc1cc(-c2csc(NC(=O)C(C)C3CNC3)n2)ccc1F. The van der Waals surface area contributed by atoms with Crippen LogP contribution in [-0.4, -0.2) is 24.0 Å². The quantitative estimate of drug-likeness (QED) is 0.911. The number of halogens is 1. The van der Waals surface area contributed by atoms with Gasteiger partial charge in [-0.05, 0) is 49.7 Å². The van der Waals surface area contributed by atoms with Crippen LogP contribution in [-0.2, 0) is 4.79 Å². The Kier molecular flexibility index (Phi) is 4.22. The standard InChI is InChI=1S/C16H18FN3OS/c1-9-5-11(3-4-13(9)17)14-8-22-16(19-14)20-15(21)10(2)12-6-18-7-12/h3-5,8,10,12,18H,6-7H2,1-2H3,(H,19,20,21). The van der Waals surface area contributed by atoms with Gasteiger partial charge in [-0.25, -0.2) is 9.37 Å². The molecule has 1 aromatic carbocycles. The van der Waals surface area contributed by atoms with E-state index in [-0.39, 0.29) is 17.6 Å². The molecule has 1 atom stereocenters. The maximum atomic E-state index is 13.3. The molecule has 4 nitrogen and oxygen atoms in total. The zero-order valence-electron chi connectivity index (χ0n) is 12.5. The third-order valence-electron chi connectivity index (χ3n) is 4.12. The lowest BCUT2D eigenvalue weighted by Crippen LogP contribution is -2.48. The minimum atomic E-state index is -0.226. The number of carbonyl (C=O) groups excluding carboxylic acids is 1. The van der Waals surface area contributed by atoms with Crippen molar-refractivity contribution in [3.63, 3.8) is 0 Å². The van der Waals surface area contributed by atoms with Crippen molar-refractivity contribution in [1.29, 1.82) is 0 Å². The van der Waals surface area contributed by atoms with E-state index in [4.69, 9.17) is 0 Å². The average Bonchev–Trinajstić information content (AvgIpc) is 2.88. The van der Waals surface area contributed by atoms with Crippen molar-refractivity contribution in [2.45, 2.75) is 13.8 Å². The predicted octanol–water partition coefficient (Wildman–Crippen LogP) is 3.05. The Balaban J connectivity index is 1.70. The number of anilines is 1. The van der Waals surface area contributed by atoms with Gasteiger partial charge >= 0.3 is 0 Å². The van der Waals surface area contributed by atoms with Crippen LogP contribution in [0.3, 0.4) is 0 Å². The van der Waals surface area contributed by atoms with E-state index in [1.165, 1.54) is 17.4 Å². The van der Waals surface area contributed by atoms with E-state index in [2.05, 4.69) is 15.6 Å². The number of rotatable bonds is 4. The summed E-state index contributed by atoms with van der Waals surface area (Å²) in [5.41, 5.74) is 2.19. The van der Waals surface area contributed by atoms with Crippen LogP contribution in [0.2, 0.25) is 0 Å². The number of carbonyl (C=O) groups is 1. The van der Waals surface area contributed by atoms with E-state index in [9.17, 15) is 9.18 Å². The molecule has 0 radical (unpaired) electrons. The summed E-state index contributed by atoms with van der Waals surface area (Å²) in [5.74, 6) is 0.152. The molecule has 1 amide bonds. The van der Waals surface area contributed by atoms with Crippen molar-refractivity contribution in [1.82, 2.24) is 10.3 Å². The zero-order valence-corrected chi connectivity index (χ0v) is 13.3. The van der Waals surface area contributed by atoms with Gasteiger partial charge in [0.25, 0.3) is 0 Å². The number of amides is 1. The highest BCUT2D eigenvalue weighted by Crippen LogP contribution is 2.27. The molecule has 0 saturated carbocycles. The summed E-state index contributed by atoms with van der Waals surface area (Å²) in [6.45, 7) is 5.46. The number of nitrogens with one attached hydrogen (secondary N) is 2. The zero-order chi connectivity index (χ0) is 15.7. The Morgan fingerprint density at radius 2 is 2.27 bits per heavy atom. The highest BCUT2D eigenvalue weighted by Gasteiger charge is 2.29. The van der Waals surface area contributed by atoms with Crippen LogP contribution in [0.4, 0.5) is 9.52 Å². The molecule has 1 aliphatic heterocycles. The van der Waals surface area contributed by atoms with Crippen molar-refractivity contribution in [2.24, 2.45) is 11.8 Å². The topological polar surface area (TPSA) is 54.0 Å². The second-order valence-corrected chi connectivity index (χ2v) is 6.56. The van der Waals surface area contributed by atoms with Gasteiger partial charge in [-0.1, -0.05) is 6.92 Å². The fourth-order valence-corrected chi connectivity index (χ4v) is 3.09. The van der Waals surface area contributed by atoms with Gasteiger partial charge < -0.3 is 10.6 Å². The number of thiazole rings is 1. The normalized spacial score (nSPS) is 16.1. The molecule has 0 bridgehead atoms. The van der Waals surface area contributed by atoms with E-state index in [0.29, 0.717) is 16.6 Å². The monoisotopic (exact) mass is 319 g/mol. The van der Waals surface area contributed by atoms with E-state index < -0.39 is 0 Å². The van der Waals surface area contributed by atoms with Crippen LogP contribution >= 0.6 is 11.3 Å². The lowest BCUT2D eigenvalue weighted by Gasteiger charge is -2.31. The molecular formula is C16H18FN3OS. The second-order valence-electron chi connectivity index (χ2n) is 5.70. The van der Waals surface area contributed by atoms with Crippen molar-refractivity contribution >= 4 is 22.4 Å². The van der Waals surface area contributed by atoms with Crippen LogP contribution in [0.25, 0.3) is 11.3 Å². The lowest BCUT2D eigenvalue weighted by atomic mass is 9.88. The van der Waals surface area contributed by atoms with Gasteiger partial charge in [0.15, 0.2) is 5.13 Å². The first-order chi connectivity index (χ1) is 10.5. The molecule has 22 heavy (non-hydrogen) atoms. The van der Waals surface area contributed by atoms with Crippen LogP contribution in [0.1, 0.15) is 12.5 Å². The van der Waals surface area contributed by atoms with Crippen LogP contribution in [0.5, 0.6) is 0 Å². The highest BCUT2D eigenvalue weighted by atomic mass is 32.1. The van der Waals surface area contributed by atoms with Gasteiger partial charge in [0, 0.05) is 16.9 Å². The van der Waals surface area contributed by atoms with Crippen molar-refractivity contribution in [3.8, 4) is 11.3 Å². The summed E-state index contributed by atoms with van der Waals surface area (Å²) in [4.78, 5) is 16.6. The largest absolute Gasteiger partial charge is 0.316 e. The van der Waals surface area contributed by atoms with Crippen molar-refractivity contribution in [2.75, 3.05) is 18.4 Å². The van der Waals surface area contributed by atoms with Gasteiger partial charge in [0.1, 0.15) is 5.82 Å². The highest BCUT2D eigenvalue weighted by molar-refractivity contribution is 7.14. The number of aromatic nitrogens is 1. The van der Waals surface area contributed by atoms with Gasteiger partial charge in [0.05, 0.1) is 5.69 Å². The molecule has 1 aromatic heterocycles. The van der Waals surface area contributed by atoms with Crippen LogP contribution in [0.15, 0.2) is 23.6 Å². The molecule has 6 heteroatoms. The predicted molar refractivity (Wildman–Crippen MR) is 86.4 cm³/mol. The third-order valence-corrected chi connectivity index (χ3v) is 4.88. The summed E-state index contributed by atoms with van der Waals surface area (Å²) in [7, 11) is 0. The summed E-state index contributed by atoms with van der Waals surface area (Å²) >= 11 is 1.39. The summed E-state index contributed by atoms with van der Waals surface area (Å²) in [5, 5.41) is 8.50. The Morgan fingerprint density at radius 3 is 2.91 bits per heavy atom. The maximum Gasteiger partial charge on any atom is 0.229 e. The van der Waals surface area contributed by atoms with E-state index >= 15 is 0 Å². The van der Waals surface area contributed by atoms with E-state index in [0.717, 1.165) is 24.3 Å². The van der Waals surface area contributed by atoms with Gasteiger partial charge in [0.2, 0.25) is 5.91 Å². The van der Waals surface area contributed by atoms with Gasteiger partial charge in [-0.15, -0.1) is 11.3 Å². The molecule has 0 spiro atoms. The Morgan fingerprint density at radius 1 is 1.50 bits per heavy atom. The van der Waals surface area contributed by atoms with Gasteiger partial charge in [-0.2, -0.15) is 0 Å². The molecule has 3 rings (SSSR count). The molecular weight excluding hydrogens is 301 g/mol. The van der Waals surface area contributed by atoms with Crippen molar-refractivity contribution < 1.29 is 9.18 Å². The third kappa shape index (κ3) is 3.03. The lowest BCUT2D eigenvalue weighted by molar-refractivity contribution is -0.121. The number of hydrogen-bond acceptors (Lipinski definition) is 4. The summed E-state index contributed by atoms with van der Waals surface area (Å²) < 4.78 is 13.3. The smallest absolute Gasteiger partial charge is 0.229 e. The molecule has 1 aliphatic rings. The molecule has 0 aliphatic carbocycles. The number of nitrogens with zero attached hydrogens (tertiary/aromatic N) is 1. The molecule has 2 aromatic rings. The van der Waals surface area contributed by atoms with Crippen LogP contribution < -0.4 is 10.6 Å². The fraction of sp³-hybridized carbons (Fsp3) is 0.375. The molecule has 2 N–H and O–H groups in total.